The average Bonchev–Trinajstić information content (AvgIpc) is 2.25. The maximum atomic E-state index is 11.2. The zero-order valence-electron chi connectivity index (χ0n) is 10.0. The predicted octanol–water partition coefficient (Wildman–Crippen LogP) is -0.171. The van der Waals surface area contributed by atoms with Crippen LogP contribution in [-0.4, -0.2) is 44.3 Å². The minimum Gasteiger partial charge on any atom is -0.481 e. The molecule has 1 saturated carbocycles. The summed E-state index contributed by atoms with van der Waals surface area (Å²) in [5, 5.41) is 36.2. The topological polar surface area (TPSA) is 149 Å². The number of hydrogen-bond donors (Lipinski definition) is 4. The van der Waals surface area contributed by atoms with E-state index in [4.69, 9.17) is 20.4 Å². The molecule has 0 aromatic carbocycles. The van der Waals surface area contributed by atoms with Crippen LogP contribution >= 0.6 is 0 Å². The van der Waals surface area contributed by atoms with Crippen LogP contribution in [0.4, 0.5) is 0 Å². The molecular weight excluding hydrogens is 260 g/mol. The molecule has 5 unspecified atom stereocenters. The standard InChI is InChI=1S/C11H14O8/c1-3-2-4(8(12)13)6(10(16)17)7(11(18)19)5(3)9(14)15/h3-7H,2H2,1H3,(H,12,13)(H,14,15)(H,16,17)(H,18,19). The lowest BCUT2D eigenvalue weighted by atomic mass is 9.62. The predicted molar refractivity (Wildman–Crippen MR) is 58.3 cm³/mol. The van der Waals surface area contributed by atoms with E-state index in [1.54, 1.807) is 0 Å². The number of carboxylic acids is 4. The molecule has 8 heteroatoms. The smallest absolute Gasteiger partial charge is 0.308 e. The normalized spacial score (nSPS) is 34.5. The average molecular weight is 274 g/mol. The first-order valence-corrected chi connectivity index (χ1v) is 5.59. The van der Waals surface area contributed by atoms with Gasteiger partial charge in [0.1, 0.15) is 0 Å². The Kier molecular flexibility index (Phi) is 4.13. The largest absolute Gasteiger partial charge is 0.481 e. The highest BCUT2D eigenvalue weighted by Crippen LogP contribution is 2.43. The molecule has 1 aliphatic carbocycles. The van der Waals surface area contributed by atoms with Gasteiger partial charge < -0.3 is 20.4 Å². The maximum absolute atomic E-state index is 11.2. The number of hydrogen-bond acceptors (Lipinski definition) is 4. The third-order valence-electron chi connectivity index (χ3n) is 3.62. The van der Waals surface area contributed by atoms with Crippen molar-refractivity contribution >= 4 is 23.9 Å². The monoisotopic (exact) mass is 274 g/mol. The SMILES string of the molecule is CC1CC(C(=O)O)C(C(=O)O)C(C(=O)O)C1C(=O)O. The molecule has 0 aromatic heterocycles. The summed E-state index contributed by atoms with van der Waals surface area (Å²) in [6.07, 6.45) is -0.174. The number of aliphatic carboxylic acids is 4. The zero-order valence-corrected chi connectivity index (χ0v) is 10.0. The Balaban J connectivity index is 3.30. The fraction of sp³-hybridized carbons (Fsp3) is 0.636. The van der Waals surface area contributed by atoms with Crippen LogP contribution in [0.2, 0.25) is 0 Å². The molecule has 5 atom stereocenters. The lowest BCUT2D eigenvalue weighted by Crippen LogP contribution is -2.51. The van der Waals surface area contributed by atoms with E-state index >= 15 is 0 Å². The van der Waals surface area contributed by atoms with E-state index in [1.165, 1.54) is 6.92 Å². The van der Waals surface area contributed by atoms with Crippen molar-refractivity contribution in [1.82, 2.24) is 0 Å². The van der Waals surface area contributed by atoms with Crippen LogP contribution in [0.5, 0.6) is 0 Å². The fourth-order valence-corrected chi connectivity index (χ4v) is 2.81. The Labute approximate surface area is 107 Å². The van der Waals surface area contributed by atoms with Crippen molar-refractivity contribution in [2.45, 2.75) is 13.3 Å². The molecule has 19 heavy (non-hydrogen) atoms. The van der Waals surface area contributed by atoms with Crippen LogP contribution in [-0.2, 0) is 19.2 Å². The summed E-state index contributed by atoms with van der Waals surface area (Å²) in [4.78, 5) is 44.5. The van der Waals surface area contributed by atoms with Gasteiger partial charge in [0.2, 0.25) is 0 Å². The van der Waals surface area contributed by atoms with Gasteiger partial charge in [-0.05, 0) is 12.3 Å². The second-order valence-corrected chi connectivity index (χ2v) is 4.75. The van der Waals surface area contributed by atoms with E-state index in [0.717, 1.165) is 0 Å². The molecule has 8 nitrogen and oxygen atoms in total. The highest BCUT2D eigenvalue weighted by molar-refractivity contribution is 5.89. The first kappa shape index (κ1) is 14.9. The minimum absolute atomic E-state index is 0.174. The van der Waals surface area contributed by atoms with Gasteiger partial charge in [0.15, 0.2) is 0 Å². The van der Waals surface area contributed by atoms with Crippen molar-refractivity contribution in [1.29, 1.82) is 0 Å². The molecule has 0 heterocycles. The molecule has 0 saturated heterocycles. The van der Waals surface area contributed by atoms with Gasteiger partial charge in [-0.25, -0.2) is 0 Å². The van der Waals surface area contributed by atoms with Gasteiger partial charge in [0.25, 0.3) is 0 Å². The maximum Gasteiger partial charge on any atom is 0.308 e. The second-order valence-electron chi connectivity index (χ2n) is 4.75. The van der Waals surface area contributed by atoms with Gasteiger partial charge in [-0.15, -0.1) is 0 Å². The van der Waals surface area contributed by atoms with Crippen LogP contribution in [0, 0.1) is 29.6 Å². The van der Waals surface area contributed by atoms with Crippen molar-refractivity contribution in [3.63, 3.8) is 0 Å². The third kappa shape index (κ3) is 2.67. The molecule has 0 amide bonds. The Morgan fingerprint density at radius 2 is 1.16 bits per heavy atom. The Hall–Kier alpha value is -2.12. The van der Waals surface area contributed by atoms with Gasteiger partial charge in [-0.1, -0.05) is 6.92 Å². The van der Waals surface area contributed by atoms with Crippen LogP contribution in [0.3, 0.4) is 0 Å². The van der Waals surface area contributed by atoms with Crippen LogP contribution in [0.1, 0.15) is 13.3 Å². The summed E-state index contributed by atoms with van der Waals surface area (Å²) in [7, 11) is 0. The molecular formula is C11H14O8. The van der Waals surface area contributed by atoms with Crippen molar-refractivity contribution in [3.05, 3.63) is 0 Å². The first-order chi connectivity index (χ1) is 8.68. The Morgan fingerprint density at radius 1 is 0.737 bits per heavy atom. The zero-order chi connectivity index (χ0) is 14.9. The van der Waals surface area contributed by atoms with Gasteiger partial charge >= 0.3 is 23.9 Å². The highest BCUT2D eigenvalue weighted by Gasteiger charge is 2.55. The Morgan fingerprint density at radius 3 is 1.47 bits per heavy atom. The summed E-state index contributed by atoms with van der Waals surface area (Å²) in [5.74, 6) is -13.1. The molecule has 4 N–H and O–H groups in total. The van der Waals surface area contributed by atoms with E-state index in [-0.39, 0.29) is 6.42 Å². The Bertz CT molecular complexity index is 428. The summed E-state index contributed by atoms with van der Waals surface area (Å²) < 4.78 is 0. The molecule has 0 aliphatic heterocycles. The van der Waals surface area contributed by atoms with E-state index in [1.807, 2.05) is 0 Å². The van der Waals surface area contributed by atoms with Crippen LogP contribution in [0.15, 0.2) is 0 Å². The van der Waals surface area contributed by atoms with Gasteiger partial charge in [-0.3, -0.25) is 19.2 Å². The molecule has 1 fully saturated rings. The van der Waals surface area contributed by atoms with Crippen molar-refractivity contribution in [2.75, 3.05) is 0 Å². The summed E-state index contributed by atoms with van der Waals surface area (Å²) in [5.41, 5.74) is 0. The quantitative estimate of drug-likeness (QED) is 0.551. The lowest BCUT2D eigenvalue weighted by molar-refractivity contribution is -0.176. The van der Waals surface area contributed by atoms with E-state index in [0.29, 0.717) is 0 Å². The van der Waals surface area contributed by atoms with Crippen LogP contribution < -0.4 is 0 Å². The third-order valence-corrected chi connectivity index (χ3v) is 3.62. The minimum atomic E-state index is -1.75. The van der Waals surface area contributed by atoms with Gasteiger partial charge in [-0.2, -0.15) is 0 Å². The number of carboxylic acid groups (broad SMARTS) is 4. The van der Waals surface area contributed by atoms with Crippen molar-refractivity contribution in [2.24, 2.45) is 29.6 Å². The molecule has 0 bridgehead atoms. The summed E-state index contributed by atoms with van der Waals surface area (Å²) >= 11 is 0. The van der Waals surface area contributed by atoms with Crippen molar-refractivity contribution in [3.8, 4) is 0 Å². The van der Waals surface area contributed by atoms with E-state index in [2.05, 4.69) is 0 Å². The first-order valence-electron chi connectivity index (χ1n) is 5.59. The van der Waals surface area contributed by atoms with E-state index < -0.39 is 53.5 Å². The second kappa shape index (κ2) is 5.25. The number of carbonyl (C=O) groups is 4. The molecule has 1 aliphatic rings. The summed E-state index contributed by atoms with van der Waals surface area (Å²) in [6, 6.07) is 0. The molecule has 0 spiro atoms. The summed E-state index contributed by atoms with van der Waals surface area (Å²) in [6.45, 7) is 1.42. The molecule has 0 aromatic rings. The number of rotatable bonds is 4. The molecule has 106 valence electrons. The van der Waals surface area contributed by atoms with Crippen molar-refractivity contribution < 1.29 is 39.6 Å². The van der Waals surface area contributed by atoms with Gasteiger partial charge in [0.05, 0.1) is 23.7 Å². The molecule has 0 radical (unpaired) electrons. The van der Waals surface area contributed by atoms with Crippen LogP contribution in [0.25, 0.3) is 0 Å². The highest BCUT2D eigenvalue weighted by atomic mass is 16.4. The fourth-order valence-electron chi connectivity index (χ4n) is 2.81. The molecule has 1 rings (SSSR count). The van der Waals surface area contributed by atoms with Gasteiger partial charge in [0, 0.05) is 0 Å². The lowest BCUT2D eigenvalue weighted by Gasteiger charge is -2.38. The van der Waals surface area contributed by atoms with E-state index in [9.17, 15) is 19.2 Å².